The molecule has 0 radical (unpaired) electrons. The summed E-state index contributed by atoms with van der Waals surface area (Å²) in [7, 11) is 0. The summed E-state index contributed by atoms with van der Waals surface area (Å²) in [5.74, 6) is 0. The van der Waals surface area contributed by atoms with E-state index < -0.39 is 0 Å². The largest absolute Gasteiger partial charge is 0.454 e. The predicted octanol–water partition coefficient (Wildman–Crippen LogP) is 14.1. The number of benzene rings is 8. The predicted molar refractivity (Wildman–Crippen MR) is 212 cm³/mol. The van der Waals surface area contributed by atoms with Crippen molar-refractivity contribution in [3.63, 3.8) is 0 Å². The van der Waals surface area contributed by atoms with Gasteiger partial charge in [0.15, 0.2) is 11.2 Å². The van der Waals surface area contributed by atoms with E-state index >= 15 is 0 Å². The second kappa shape index (κ2) is 10.6. The molecule has 0 aliphatic rings. The number of anilines is 3. The standard InChI is InChI=1S/C46H27NO2S/c1-2-11-30-26-31(21-20-28(30)10-1)29-22-24-32(25-23-29)47(38-16-9-15-35-33-12-3-6-17-40(33)48-44(35)38)39-27-37-34-13-5-8-19-42(34)50-46(37)45-43(39)36-14-4-7-18-41(36)49-45/h1-27H. The molecular weight excluding hydrogens is 631 g/mol. The topological polar surface area (TPSA) is 29.5 Å². The summed E-state index contributed by atoms with van der Waals surface area (Å²) in [4.78, 5) is 2.37. The van der Waals surface area contributed by atoms with Crippen molar-refractivity contribution in [1.29, 1.82) is 0 Å². The fraction of sp³-hybridized carbons (Fsp3) is 0. The van der Waals surface area contributed by atoms with Gasteiger partial charge in [-0.1, -0.05) is 115 Å². The van der Waals surface area contributed by atoms with Crippen molar-refractivity contribution in [3.05, 3.63) is 164 Å². The third-order valence-corrected chi connectivity index (χ3v) is 11.2. The van der Waals surface area contributed by atoms with Gasteiger partial charge in [0.05, 0.1) is 21.5 Å². The number of fused-ring (bicyclic) bond motifs is 11. The highest BCUT2D eigenvalue weighted by atomic mass is 32.1. The second-order valence-electron chi connectivity index (χ2n) is 12.9. The van der Waals surface area contributed by atoms with Crippen LogP contribution >= 0.6 is 11.3 Å². The van der Waals surface area contributed by atoms with Gasteiger partial charge in [-0.3, -0.25) is 0 Å². The van der Waals surface area contributed by atoms with Gasteiger partial charge in [0.25, 0.3) is 0 Å². The highest BCUT2D eigenvalue weighted by molar-refractivity contribution is 7.26. The lowest BCUT2D eigenvalue weighted by molar-refractivity contribution is 0.669. The molecule has 0 N–H and O–H groups in total. The fourth-order valence-corrected chi connectivity index (χ4v) is 8.88. The van der Waals surface area contributed by atoms with E-state index in [4.69, 9.17) is 8.83 Å². The molecule has 11 rings (SSSR count). The number of hydrogen-bond donors (Lipinski definition) is 0. The lowest BCUT2D eigenvalue weighted by Crippen LogP contribution is -2.10. The van der Waals surface area contributed by atoms with Crippen LogP contribution in [-0.2, 0) is 0 Å². The minimum atomic E-state index is 0.850. The van der Waals surface area contributed by atoms with Crippen molar-refractivity contribution in [1.82, 2.24) is 0 Å². The van der Waals surface area contributed by atoms with Crippen molar-refractivity contribution in [2.75, 3.05) is 4.90 Å². The van der Waals surface area contributed by atoms with Crippen molar-refractivity contribution < 1.29 is 8.83 Å². The second-order valence-corrected chi connectivity index (χ2v) is 13.9. The number of furan rings is 2. The average Bonchev–Trinajstić information content (AvgIpc) is 3.87. The fourth-order valence-electron chi connectivity index (χ4n) is 7.71. The summed E-state index contributed by atoms with van der Waals surface area (Å²) in [6, 6.07) is 58.3. The molecule has 0 bridgehead atoms. The number of para-hydroxylation sites is 3. The zero-order valence-corrected chi connectivity index (χ0v) is 27.6. The first-order valence-electron chi connectivity index (χ1n) is 16.8. The molecule has 4 heteroatoms. The van der Waals surface area contributed by atoms with Crippen molar-refractivity contribution in [2.24, 2.45) is 0 Å². The summed E-state index contributed by atoms with van der Waals surface area (Å²) in [5.41, 5.74) is 8.93. The maximum absolute atomic E-state index is 6.77. The van der Waals surface area contributed by atoms with E-state index in [1.165, 1.54) is 37.4 Å². The van der Waals surface area contributed by atoms with Crippen LogP contribution in [0.25, 0.3) is 85.9 Å². The Labute approximate surface area is 290 Å². The molecule has 8 aromatic carbocycles. The van der Waals surface area contributed by atoms with Gasteiger partial charge in [-0.2, -0.15) is 0 Å². The normalized spacial score (nSPS) is 12.0. The van der Waals surface area contributed by atoms with Gasteiger partial charge in [0.1, 0.15) is 11.2 Å². The van der Waals surface area contributed by atoms with Crippen molar-refractivity contribution >= 4 is 103 Å². The highest BCUT2D eigenvalue weighted by Crippen LogP contribution is 2.51. The van der Waals surface area contributed by atoms with E-state index in [0.29, 0.717) is 0 Å². The maximum Gasteiger partial charge on any atom is 0.159 e. The van der Waals surface area contributed by atoms with Gasteiger partial charge < -0.3 is 13.7 Å². The first kappa shape index (κ1) is 27.6. The summed E-state index contributed by atoms with van der Waals surface area (Å²) in [6.45, 7) is 0. The minimum absolute atomic E-state index is 0.850. The van der Waals surface area contributed by atoms with Crippen LogP contribution in [0.1, 0.15) is 0 Å². The quantitative estimate of drug-likeness (QED) is 0.189. The van der Waals surface area contributed by atoms with Crippen LogP contribution in [0.15, 0.2) is 173 Å². The van der Waals surface area contributed by atoms with E-state index in [1.54, 1.807) is 11.3 Å². The van der Waals surface area contributed by atoms with Crippen molar-refractivity contribution in [2.45, 2.75) is 0 Å². The molecule has 3 nitrogen and oxygen atoms in total. The number of thiophene rings is 1. The molecule has 0 saturated carbocycles. The lowest BCUT2D eigenvalue weighted by Gasteiger charge is -2.27. The SMILES string of the molecule is c1ccc2cc(-c3ccc(N(c4cccc5c4oc4ccccc45)c4cc5c6ccccc6sc5c5oc6ccccc6c45)cc3)ccc2c1. The third-order valence-electron chi connectivity index (χ3n) is 10.0. The highest BCUT2D eigenvalue weighted by Gasteiger charge is 2.26. The van der Waals surface area contributed by atoms with E-state index in [9.17, 15) is 0 Å². The average molecular weight is 658 g/mol. The molecule has 0 atom stereocenters. The molecule has 0 aliphatic heterocycles. The zero-order chi connectivity index (χ0) is 32.8. The molecule has 3 heterocycles. The Hall–Kier alpha value is -6.36. The Bertz CT molecular complexity index is 3110. The van der Waals surface area contributed by atoms with Gasteiger partial charge in [0, 0.05) is 37.3 Å². The molecule has 3 aromatic heterocycles. The van der Waals surface area contributed by atoms with E-state index in [0.717, 1.165) is 65.6 Å². The monoisotopic (exact) mass is 657 g/mol. The first-order valence-corrected chi connectivity index (χ1v) is 17.7. The summed E-state index contributed by atoms with van der Waals surface area (Å²) < 4.78 is 15.9. The van der Waals surface area contributed by atoms with Crippen LogP contribution in [0.2, 0.25) is 0 Å². The van der Waals surface area contributed by atoms with Gasteiger partial charge >= 0.3 is 0 Å². The molecule has 11 aromatic rings. The first-order chi connectivity index (χ1) is 24.8. The van der Waals surface area contributed by atoms with Crippen LogP contribution in [0, 0.1) is 0 Å². The van der Waals surface area contributed by atoms with E-state index in [-0.39, 0.29) is 0 Å². The smallest absolute Gasteiger partial charge is 0.159 e. The Kier molecular flexibility index (Phi) is 5.83. The molecule has 0 unspecified atom stereocenters. The zero-order valence-electron chi connectivity index (χ0n) is 26.8. The number of hydrogen-bond acceptors (Lipinski definition) is 4. The summed E-state index contributed by atoms with van der Waals surface area (Å²) in [5, 5.41) is 9.26. The molecule has 0 spiro atoms. The van der Waals surface area contributed by atoms with Gasteiger partial charge in [-0.15, -0.1) is 11.3 Å². The number of nitrogens with zero attached hydrogens (tertiary/aromatic N) is 1. The Morgan fingerprint density at radius 2 is 1.08 bits per heavy atom. The van der Waals surface area contributed by atoms with E-state index in [2.05, 4.69) is 150 Å². The van der Waals surface area contributed by atoms with Crippen LogP contribution in [0.4, 0.5) is 17.1 Å². The van der Waals surface area contributed by atoms with Crippen LogP contribution in [0.5, 0.6) is 0 Å². The molecule has 234 valence electrons. The Balaban J connectivity index is 1.22. The Morgan fingerprint density at radius 1 is 0.420 bits per heavy atom. The third kappa shape index (κ3) is 4.03. The Morgan fingerprint density at radius 3 is 1.94 bits per heavy atom. The van der Waals surface area contributed by atoms with Crippen molar-refractivity contribution in [3.8, 4) is 11.1 Å². The van der Waals surface area contributed by atoms with Gasteiger partial charge in [-0.05, 0) is 70.4 Å². The summed E-state index contributed by atoms with van der Waals surface area (Å²) in [6.07, 6.45) is 0. The molecule has 0 saturated heterocycles. The van der Waals surface area contributed by atoms with E-state index in [1.807, 2.05) is 18.2 Å². The molecule has 0 aliphatic carbocycles. The summed E-state index contributed by atoms with van der Waals surface area (Å²) >= 11 is 1.79. The van der Waals surface area contributed by atoms with Gasteiger partial charge in [0.2, 0.25) is 0 Å². The van der Waals surface area contributed by atoms with Crippen LogP contribution in [-0.4, -0.2) is 0 Å². The van der Waals surface area contributed by atoms with Gasteiger partial charge in [-0.25, -0.2) is 0 Å². The van der Waals surface area contributed by atoms with Crippen LogP contribution < -0.4 is 4.90 Å². The lowest BCUT2D eigenvalue weighted by atomic mass is 10.00. The molecule has 0 fully saturated rings. The van der Waals surface area contributed by atoms with Crippen LogP contribution in [0.3, 0.4) is 0 Å². The minimum Gasteiger partial charge on any atom is -0.454 e. The maximum atomic E-state index is 6.77. The number of rotatable bonds is 4. The molecule has 50 heavy (non-hydrogen) atoms. The molecule has 0 amide bonds. The molecular formula is C46H27NO2S.